The van der Waals surface area contributed by atoms with Crippen LogP contribution in [0.25, 0.3) is 10.9 Å². The normalized spacial score (nSPS) is 11.3. The molecule has 0 fully saturated rings. The Morgan fingerprint density at radius 3 is 2.42 bits per heavy atom. The van der Waals surface area contributed by atoms with Crippen LogP contribution in [0.4, 0.5) is 0 Å². The van der Waals surface area contributed by atoms with Gasteiger partial charge in [0.1, 0.15) is 5.15 Å². The number of nitrogens with zero attached hydrogens (tertiary/aromatic N) is 2. The van der Waals surface area contributed by atoms with E-state index >= 15 is 0 Å². The number of hydrogen-bond donors (Lipinski definition) is 1. The van der Waals surface area contributed by atoms with E-state index in [1.807, 2.05) is 19.9 Å². The Kier molecular flexibility index (Phi) is 5.39. The third kappa shape index (κ3) is 3.48. The zero-order valence-electron chi connectivity index (χ0n) is 12.4. The Morgan fingerprint density at radius 1 is 1.26 bits per heavy atom. The van der Waals surface area contributed by atoms with Crippen LogP contribution in [0.15, 0.2) is 18.3 Å². The SMILES string of the molecule is CC.CC(C)(C)c1cc2cc(Cl)ncc2n1CCO. The van der Waals surface area contributed by atoms with Gasteiger partial charge in [0.25, 0.3) is 0 Å². The summed E-state index contributed by atoms with van der Waals surface area (Å²) in [7, 11) is 0. The van der Waals surface area contributed by atoms with E-state index in [1.165, 1.54) is 5.69 Å². The van der Waals surface area contributed by atoms with Crippen molar-refractivity contribution in [2.75, 3.05) is 6.61 Å². The highest BCUT2D eigenvalue weighted by molar-refractivity contribution is 6.30. The van der Waals surface area contributed by atoms with Crippen LogP contribution in [0.2, 0.25) is 5.15 Å². The number of aliphatic hydroxyl groups is 1. The third-order valence-electron chi connectivity index (χ3n) is 2.85. The fraction of sp³-hybridized carbons (Fsp3) is 0.533. The molecule has 2 aromatic heterocycles. The first-order valence-corrected chi connectivity index (χ1v) is 7.07. The molecule has 2 aromatic rings. The highest BCUT2D eigenvalue weighted by Gasteiger charge is 2.20. The molecule has 0 unspecified atom stereocenters. The molecule has 2 rings (SSSR count). The molecule has 0 aromatic carbocycles. The Balaban J connectivity index is 0.000000861. The van der Waals surface area contributed by atoms with Crippen molar-refractivity contribution in [1.29, 1.82) is 0 Å². The van der Waals surface area contributed by atoms with Gasteiger partial charge in [0.15, 0.2) is 0 Å². The summed E-state index contributed by atoms with van der Waals surface area (Å²) in [5.74, 6) is 0. The molecule has 0 spiro atoms. The fourth-order valence-electron chi connectivity index (χ4n) is 2.10. The average Bonchev–Trinajstić information content (AvgIpc) is 2.70. The summed E-state index contributed by atoms with van der Waals surface area (Å²) in [6, 6.07) is 3.98. The van der Waals surface area contributed by atoms with Crippen LogP contribution in [-0.2, 0) is 12.0 Å². The minimum absolute atomic E-state index is 0.0284. The summed E-state index contributed by atoms with van der Waals surface area (Å²) in [5, 5.41) is 10.7. The van der Waals surface area contributed by atoms with E-state index in [-0.39, 0.29) is 12.0 Å². The van der Waals surface area contributed by atoms with Crippen LogP contribution in [0.1, 0.15) is 40.3 Å². The van der Waals surface area contributed by atoms with Crippen LogP contribution >= 0.6 is 11.6 Å². The van der Waals surface area contributed by atoms with Crippen molar-refractivity contribution in [2.24, 2.45) is 0 Å². The van der Waals surface area contributed by atoms with Crippen molar-refractivity contribution < 1.29 is 5.11 Å². The molecule has 1 N–H and O–H groups in total. The first kappa shape index (κ1) is 16.0. The van der Waals surface area contributed by atoms with Gasteiger partial charge in [-0.1, -0.05) is 46.2 Å². The number of aliphatic hydroxyl groups excluding tert-OH is 1. The largest absolute Gasteiger partial charge is 0.395 e. The predicted molar refractivity (Wildman–Crippen MR) is 81.9 cm³/mol. The molecule has 4 heteroatoms. The highest BCUT2D eigenvalue weighted by Crippen LogP contribution is 2.30. The molecule has 0 amide bonds. The summed E-state index contributed by atoms with van der Waals surface area (Å²) in [5.41, 5.74) is 2.24. The first-order valence-electron chi connectivity index (χ1n) is 6.69. The zero-order chi connectivity index (χ0) is 14.6. The van der Waals surface area contributed by atoms with E-state index in [4.69, 9.17) is 11.6 Å². The van der Waals surface area contributed by atoms with Gasteiger partial charge in [-0.3, -0.25) is 0 Å². The van der Waals surface area contributed by atoms with Gasteiger partial charge in [0.2, 0.25) is 0 Å². The molecule has 0 aliphatic heterocycles. The minimum atomic E-state index is 0.0284. The van der Waals surface area contributed by atoms with Gasteiger partial charge in [-0.25, -0.2) is 4.98 Å². The maximum Gasteiger partial charge on any atom is 0.129 e. The number of rotatable bonds is 2. The number of hydrogen-bond acceptors (Lipinski definition) is 2. The summed E-state index contributed by atoms with van der Waals surface area (Å²) in [6.07, 6.45) is 1.77. The van der Waals surface area contributed by atoms with Crippen molar-refractivity contribution in [2.45, 2.75) is 46.6 Å². The van der Waals surface area contributed by atoms with Gasteiger partial charge in [0.05, 0.1) is 18.3 Å². The van der Waals surface area contributed by atoms with Crippen LogP contribution in [0.3, 0.4) is 0 Å². The Morgan fingerprint density at radius 2 is 1.89 bits per heavy atom. The molecule has 0 aliphatic carbocycles. The average molecular weight is 283 g/mol. The topological polar surface area (TPSA) is 38.0 Å². The summed E-state index contributed by atoms with van der Waals surface area (Å²) < 4.78 is 2.11. The third-order valence-corrected chi connectivity index (χ3v) is 3.05. The Labute approximate surface area is 120 Å². The Bertz CT molecular complexity index is 541. The Hall–Kier alpha value is -1.06. The maximum atomic E-state index is 9.17. The van der Waals surface area contributed by atoms with Crippen molar-refractivity contribution in [3.63, 3.8) is 0 Å². The van der Waals surface area contributed by atoms with E-state index in [9.17, 15) is 5.11 Å². The maximum absolute atomic E-state index is 9.17. The highest BCUT2D eigenvalue weighted by atomic mass is 35.5. The monoisotopic (exact) mass is 282 g/mol. The molecule has 106 valence electrons. The summed E-state index contributed by atoms with van der Waals surface area (Å²) in [4.78, 5) is 4.11. The van der Waals surface area contributed by atoms with Crippen LogP contribution in [0.5, 0.6) is 0 Å². The van der Waals surface area contributed by atoms with Crippen molar-refractivity contribution >= 4 is 22.5 Å². The smallest absolute Gasteiger partial charge is 0.129 e. The van der Waals surface area contributed by atoms with E-state index < -0.39 is 0 Å². The molecule has 0 bridgehead atoms. The number of fused-ring (bicyclic) bond motifs is 1. The second-order valence-corrected chi connectivity index (χ2v) is 5.61. The molecule has 19 heavy (non-hydrogen) atoms. The summed E-state index contributed by atoms with van der Waals surface area (Å²) >= 11 is 5.90. The molecular formula is C15H23ClN2O. The molecule has 0 saturated heterocycles. The number of aromatic nitrogens is 2. The van der Waals surface area contributed by atoms with Gasteiger partial charge in [-0.15, -0.1) is 0 Å². The molecule has 0 radical (unpaired) electrons. The first-order chi connectivity index (χ1) is 8.93. The molecule has 2 heterocycles. The van der Waals surface area contributed by atoms with E-state index in [2.05, 4.69) is 36.4 Å². The molecular weight excluding hydrogens is 260 g/mol. The van der Waals surface area contributed by atoms with Crippen LogP contribution < -0.4 is 0 Å². The minimum Gasteiger partial charge on any atom is -0.395 e. The number of halogens is 1. The van der Waals surface area contributed by atoms with Gasteiger partial charge in [0, 0.05) is 23.0 Å². The van der Waals surface area contributed by atoms with E-state index in [0.717, 1.165) is 10.9 Å². The van der Waals surface area contributed by atoms with Crippen molar-refractivity contribution in [3.05, 3.63) is 29.2 Å². The van der Waals surface area contributed by atoms with E-state index in [1.54, 1.807) is 6.20 Å². The second kappa shape index (κ2) is 6.40. The second-order valence-electron chi connectivity index (χ2n) is 5.22. The van der Waals surface area contributed by atoms with Crippen LogP contribution in [-0.4, -0.2) is 21.3 Å². The lowest BCUT2D eigenvalue weighted by atomic mass is 9.92. The van der Waals surface area contributed by atoms with Crippen molar-refractivity contribution in [1.82, 2.24) is 9.55 Å². The molecule has 3 nitrogen and oxygen atoms in total. The molecule has 0 atom stereocenters. The van der Waals surface area contributed by atoms with Crippen LogP contribution in [0, 0.1) is 0 Å². The fourth-order valence-corrected chi connectivity index (χ4v) is 2.26. The molecule has 0 saturated carbocycles. The standard InChI is InChI=1S/C13H17ClN2O.C2H6/c1-13(2,3)11-6-9-7-12(14)15-8-10(9)16(11)4-5-17;1-2/h6-8,17H,4-5H2,1-3H3;1-2H3. The molecule has 0 aliphatic rings. The lowest BCUT2D eigenvalue weighted by Crippen LogP contribution is -2.18. The van der Waals surface area contributed by atoms with Gasteiger partial charge in [-0.05, 0) is 12.1 Å². The van der Waals surface area contributed by atoms with Gasteiger partial charge < -0.3 is 9.67 Å². The van der Waals surface area contributed by atoms with Gasteiger partial charge in [-0.2, -0.15) is 0 Å². The predicted octanol–water partition coefficient (Wildman–Crippen LogP) is 4.01. The van der Waals surface area contributed by atoms with Gasteiger partial charge >= 0.3 is 0 Å². The lowest BCUT2D eigenvalue weighted by Gasteiger charge is -2.21. The summed E-state index contributed by atoms with van der Waals surface area (Å²) in [6.45, 7) is 11.2. The zero-order valence-corrected chi connectivity index (χ0v) is 13.1. The lowest BCUT2D eigenvalue weighted by molar-refractivity contribution is 0.274. The van der Waals surface area contributed by atoms with E-state index in [0.29, 0.717) is 11.7 Å². The number of pyridine rings is 1. The quantitative estimate of drug-likeness (QED) is 0.845. The van der Waals surface area contributed by atoms with Crippen molar-refractivity contribution in [3.8, 4) is 0 Å².